The summed E-state index contributed by atoms with van der Waals surface area (Å²) in [4.78, 5) is 14.6. The van der Waals surface area contributed by atoms with E-state index in [2.05, 4.69) is 9.71 Å². The second-order valence-electron chi connectivity index (χ2n) is 4.19. The molecular weight excluding hydrogens is 280 g/mol. The van der Waals surface area contributed by atoms with E-state index in [1.165, 1.54) is 24.4 Å². The van der Waals surface area contributed by atoms with Crippen molar-refractivity contribution in [3.8, 4) is 0 Å². The Kier molecular flexibility index (Phi) is 3.71. The fraction of sp³-hybridized carbons (Fsp3) is 0.0769. The van der Waals surface area contributed by atoms with Crippen LogP contribution in [0.1, 0.15) is 15.9 Å². The van der Waals surface area contributed by atoms with Crippen LogP contribution in [0.25, 0.3) is 0 Å². The molecule has 0 amide bonds. The van der Waals surface area contributed by atoms with Gasteiger partial charge in [0.2, 0.25) is 0 Å². The van der Waals surface area contributed by atoms with Crippen LogP contribution >= 0.6 is 0 Å². The molecule has 20 heavy (non-hydrogen) atoms. The van der Waals surface area contributed by atoms with Gasteiger partial charge in [-0.05, 0) is 25.1 Å². The third-order valence-corrected chi connectivity index (χ3v) is 3.97. The molecule has 7 heteroatoms. The first-order chi connectivity index (χ1) is 9.38. The predicted octanol–water partition coefficient (Wildman–Crippen LogP) is 1.89. The molecular formula is C13H12N2O4S. The van der Waals surface area contributed by atoms with E-state index < -0.39 is 16.0 Å². The average Bonchev–Trinajstić information content (AvgIpc) is 2.39. The molecule has 0 spiro atoms. The van der Waals surface area contributed by atoms with Crippen LogP contribution in [0.5, 0.6) is 0 Å². The molecule has 0 saturated carbocycles. The van der Waals surface area contributed by atoms with Crippen molar-refractivity contribution < 1.29 is 18.3 Å². The molecule has 0 bridgehead atoms. The van der Waals surface area contributed by atoms with Crippen molar-refractivity contribution in [1.82, 2.24) is 4.98 Å². The number of carboxylic acid groups (broad SMARTS) is 1. The molecule has 0 saturated heterocycles. The zero-order chi connectivity index (χ0) is 14.8. The number of aryl methyl sites for hydroxylation is 1. The molecule has 104 valence electrons. The highest BCUT2D eigenvalue weighted by atomic mass is 32.2. The summed E-state index contributed by atoms with van der Waals surface area (Å²) < 4.78 is 26.5. The van der Waals surface area contributed by atoms with Crippen molar-refractivity contribution in [3.05, 3.63) is 53.9 Å². The highest BCUT2D eigenvalue weighted by molar-refractivity contribution is 7.92. The van der Waals surface area contributed by atoms with Crippen molar-refractivity contribution in [2.45, 2.75) is 11.8 Å². The minimum Gasteiger partial charge on any atom is -0.478 e. The summed E-state index contributed by atoms with van der Waals surface area (Å²) in [6.45, 7) is 1.85. The third-order valence-electron chi connectivity index (χ3n) is 2.57. The van der Waals surface area contributed by atoms with E-state index in [1.54, 1.807) is 12.1 Å². The van der Waals surface area contributed by atoms with E-state index in [9.17, 15) is 13.2 Å². The predicted molar refractivity (Wildman–Crippen MR) is 73.2 cm³/mol. The third kappa shape index (κ3) is 3.12. The Morgan fingerprint density at radius 1 is 1.20 bits per heavy atom. The molecule has 0 aliphatic rings. The summed E-state index contributed by atoms with van der Waals surface area (Å²) >= 11 is 0. The number of nitrogens with one attached hydrogen (secondary N) is 1. The minimum absolute atomic E-state index is 0.0888. The number of nitrogens with zero attached hydrogens (tertiary/aromatic N) is 1. The van der Waals surface area contributed by atoms with Crippen LogP contribution in [0, 0.1) is 6.92 Å². The van der Waals surface area contributed by atoms with Gasteiger partial charge in [0.25, 0.3) is 10.0 Å². The van der Waals surface area contributed by atoms with Crippen molar-refractivity contribution in [2.75, 3.05) is 4.72 Å². The Labute approximate surface area is 116 Å². The van der Waals surface area contributed by atoms with E-state index in [0.717, 1.165) is 11.8 Å². The molecule has 2 aromatic rings. The maximum absolute atomic E-state index is 12.1. The number of aromatic carboxylic acids is 1. The standard InChI is InChI=1S/C13H12N2O4S/c1-9-2-4-12(5-3-9)20(18,19)15-11-6-10(13(16)17)7-14-8-11/h2-8,15H,1H3,(H,16,17). The number of anilines is 1. The SMILES string of the molecule is Cc1ccc(S(=O)(=O)Nc2cncc(C(=O)O)c2)cc1. The highest BCUT2D eigenvalue weighted by Crippen LogP contribution is 2.16. The van der Waals surface area contributed by atoms with Crippen LogP contribution in [0.15, 0.2) is 47.6 Å². The molecule has 0 aliphatic carbocycles. The number of rotatable bonds is 4. The van der Waals surface area contributed by atoms with Gasteiger partial charge < -0.3 is 5.11 Å². The summed E-state index contributed by atoms with van der Waals surface area (Å²) in [5.74, 6) is -1.17. The summed E-state index contributed by atoms with van der Waals surface area (Å²) in [7, 11) is -3.76. The van der Waals surface area contributed by atoms with Gasteiger partial charge in [0.15, 0.2) is 0 Å². The number of hydrogen-bond donors (Lipinski definition) is 2. The van der Waals surface area contributed by atoms with Gasteiger partial charge in [0.05, 0.1) is 22.3 Å². The zero-order valence-corrected chi connectivity index (χ0v) is 11.4. The van der Waals surface area contributed by atoms with Crippen molar-refractivity contribution >= 4 is 21.7 Å². The maximum Gasteiger partial charge on any atom is 0.337 e. The lowest BCUT2D eigenvalue weighted by Crippen LogP contribution is -2.13. The van der Waals surface area contributed by atoms with E-state index >= 15 is 0 Å². The quantitative estimate of drug-likeness (QED) is 0.897. The van der Waals surface area contributed by atoms with Gasteiger partial charge in [-0.15, -0.1) is 0 Å². The lowest BCUT2D eigenvalue weighted by molar-refractivity contribution is 0.0696. The van der Waals surface area contributed by atoms with Gasteiger partial charge in [-0.2, -0.15) is 0 Å². The minimum atomic E-state index is -3.76. The number of carbonyl (C=O) groups is 1. The van der Waals surface area contributed by atoms with Gasteiger partial charge in [-0.1, -0.05) is 17.7 Å². The molecule has 0 aliphatic heterocycles. The van der Waals surface area contributed by atoms with Gasteiger partial charge in [-0.25, -0.2) is 13.2 Å². The van der Waals surface area contributed by atoms with Crippen molar-refractivity contribution in [3.63, 3.8) is 0 Å². The van der Waals surface area contributed by atoms with Crippen LogP contribution in [0.3, 0.4) is 0 Å². The van der Waals surface area contributed by atoms with Crippen molar-refractivity contribution in [2.24, 2.45) is 0 Å². The molecule has 2 N–H and O–H groups in total. The van der Waals surface area contributed by atoms with Crippen molar-refractivity contribution in [1.29, 1.82) is 0 Å². The Balaban J connectivity index is 2.31. The second kappa shape index (κ2) is 5.30. The fourth-order valence-electron chi connectivity index (χ4n) is 1.54. The smallest absolute Gasteiger partial charge is 0.337 e. The first kappa shape index (κ1) is 14.0. The van der Waals surface area contributed by atoms with Gasteiger partial charge >= 0.3 is 5.97 Å². The molecule has 1 heterocycles. The van der Waals surface area contributed by atoms with Gasteiger partial charge in [0, 0.05) is 6.20 Å². The molecule has 1 aromatic heterocycles. The summed E-state index contributed by atoms with van der Waals surface area (Å²) in [6, 6.07) is 7.53. The number of benzene rings is 1. The Hall–Kier alpha value is -2.41. The zero-order valence-electron chi connectivity index (χ0n) is 10.6. The molecule has 0 unspecified atom stereocenters. The number of hydrogen-bond acceptors (Lipinski definition) is 4. The maximum atomic E-state index is 12.1. The first-order valence-corrected chi connectivity index (χ1v) is 7.14. The van der Waals surface area contributed by atoms with Gasteiger partial charge in [0.1, 0.15) is 0 Å². The highest BCUT2D eigenvalue weighted by Gasteiger charge is 2.15. The summed E-state index contributed by atoms with van der Waals surface area (Å²) in [6.07, 6.45) is 2.39. The number of pyridine rings is 1. The average molecular weight is 292 g/mol. The second-order valence-corrected chi connectivity index (χ2v) is 5.87. The number of aromatic nitrogens is 1. The van der Waals surface area contributed by atoms with E-state index in [-0.39, 0.29) is 16.1 Å². The van der Waals surface area contributed by atoms with E-state index in [1.807, 2.05) is 6.92 Å². The normalized spacial score (nSPS) is 11.1. The van der Waals surface area contributed by atoms with Gasteiger partial charge in [-0.3, -0.25) is 9.71 Å². The molecule has 0 radical (unpaired) electrons. The number of carboxylic acids is 1. The van der Waals surface area contributed by atoms with Crippen LogP contribution < -0.4 is 4.72 Å². The lowest BCUT2D eigenvalue weighted by atomic mass is 10.2. The Morgan fingerprint density at radius 2 is 1.85 bits per heavy atom. The van der Waals surface area contributed by atoms with E-state index in [4.69, 9.17) is 5.11 Å². The largest absolute Gasteiger partial charge is 0.478 e. The fourth-order valence-corrected chi connectivity index (χ4v) is 2.58. The summed E-state index contributed by atoms with van der Waals surface area (Å²) in [5, 5.41) is 8.84. The molecule has 0 fully saturated rings. The van der Waals surface area contributed by atoms with E-state index in [0.29, 0.717) is 0 Å². The lowest BCUT2D eigenvalue weighted by Gasteiger charge is -2.08. The topological polar surface area (TPSA) is 96.4 Å². The molecule has 2 rings (SSSR count). The molecule has 0 atom stereocenters. The first-order valence-electron chi connectivity index (χ1n) is 5.66. The number of sulfonamides is 1. The van der Waals surface area contributed by atoms with Crippen LogP contribution in [-0.4, -0.2) is 24.5 Å². The molecule has 1 aromatic carbocycles. The Bertz CT molecular complexity index is 739. The van der Waals surface area contributed by atoms with Crippen LogP contribution in [0.2, 0.25) is 0 Å². The summed E-state index contributed by atoms with van der Waals surface area (Å²) in [5.41, 5.74) is 0.957. The molecule has 6 nitrogen and oxygen atoms in total. The Morgan fingerprint density at radius 3 is 2.45 bits per heavy atom. The monoisotopic (exact) mass is 292 g/mol. The van der Waals surface area contributed by atoms with Crippen LogP contribution in [0.4, 0.5) is 5.69 Å². The van der Waals surface area contributed by atoms with Crippen LogP contribution in [-0.2, 0) is 10.0 Å².